The molecule has 7 heteroatoms. The van der Waals surface area contributed by atoms with Crippen LogP contribution in [0.1, 0.15) is 38.1 Å². The molecule has 0 saturated heterocycles. The van der Waals surface area contributed by atoms with Gasteiger partial charge in [0.1, 0.15) is 12.4 Å². The van der Waals surface area contributed by atoms with Gasteiger partial charge in [0.15, 0.2) is 11.0 Å². The Balaban J connectivity index is 1.90. The first kappa shape index (κ1) is 18.3. The molecule has 0 N–H and O–H groups in total. The van der Waals surface area contributed by atoms with Gasteiger partial charge in [0.2, 0.25) is 0 Å². The third-order valence-electron chi connectivity index (χ3n) is 3.46. The molecule has 0 aliphatic heterocycles. The molecule has 0 spiro atoms. The van der Waals surface area contributed by atoms with Gasteiger partial charge in [-0.25, -0.2) is 0 Å². The van der Waals surface area contributed by atoms with Crippen molar-refractivity contribution >= 4 is 17.7 Å². The number of hydrogen-bond donors (Lipinski definition) is 0. The van der Waals surface area contributed by atoms with Gasteiger partial charge < -0.3 is 14.0 Å². The average Bonchev–Trinajstić information content (AvgIpc) is 2.92. The van der Waals surface area contributed by atoms with E-state index < -0.39 is 0 Å². The molecule has 1 aromatic heterocycles. The van der Waals surface area contributed by atoms with Crippen molar-refractivity contribution in [3.8, 4) is 5.75 Å². The van der Waals surface area contributed by atoms with Crippen LogP contribution in [0.5, 0.6) is 5.75 Å². The maximum absolute atomic E-state index is 11.4. The summed E-state index contributed by atoms with van der Waals surface area (Å²) in [5.41, 5.74) is 1.28. The van der Waals surface area contributed by atoms with Crippen molar-refractivity contribution in [2.75, 3.05) is 12.4 Å². The van der Waals surface area contributed by atoms with Crippen LogP contribution in [0.25, 0.3) is 0 Å². The summed E-state index contributed by atoms with van der Waals surface area (Å²) in [7, 11) is 1.86. The highest BCUT2D eigenvalue weighted by Gasteiger charge is 2.12. The molecule has 1 heterocycles. The molecule has 6 nitrogen and oxygen atoms in total. The quantitative estimate of drug-likeness (QED) is 0.539. The number of rotatable bonds is 8. The molecule has 130 valence electrons. The lowest BCUT2D eigenvalue weighted by atomic mass is 10.0. The number of carbonyl (C=O) groups is 1. The Morgan fingerprint density at radius 2 is 1.96 bits per heavy atom. The molecule has 0 aliphatic carbocycles. The van der Waals surface area contributed by atoms with Crippen molar-refractivity contribution in [3.05, 3.63) is 35.7 Å². The van der Waals surface area contributed by atoms with E-state index in [-0.39, 0.29) is 11.7 Å². The SMILES string of the molecule is CCOC(=O)CSc1nnc(COc2ccc(C(C)C)cc2)n1C. The van der Waals surface area contributed by atoms with Crippen LogP contribution in [0, 0.1) is 0 Å². The third kappa shape index (κ3) is 4.99. The van der Waals surface area contributed by atoms with E-state index in [1.807, 2.05) is 23.7 Å². The van der Waals surface area contributed by atoms with Crippen molar-refractivity contribution in [2.45, 2.75) is 38.5 Å². The smallest absolute Gasteiger partial charge is 0.316 e. The Morgan fingerprint density at radius 1 is 1.25 bits per heavy atom. The van der Waals surface area contributed by atoms with Crippen LogP contribution in [0.3, 0.4) is 0 Å². The summed E-state index contributed by atoms with van der Waals surface area (Å²) in [6, 6.07) is 8.05. The van der Waals surface area contributed by atoms with E-state index in [0.717, 1.165) is 5.75 Å². The summed E-state index contributed by atoms with van der Waals surface area (Å²) in [6.45, 7) is 6.81. The van der Waals surface area contributed by atoms with Crippen LogP contribution in [0.4, 0.5) is 0 Å². The monoisotopic (exact) mass is 349 g/mol. The maximum Gasteiger partial charge on any atom is 0.316 e. The lowest BCUT2D eigenvalue weighted by molar-refractivity contribution is -0.139. The van der Waals surface area contributed by atoms with E-state index >= 15 is 0 Å². The topological polar surface area (TPSA) is 66.2 Å². The minimum Gasteiger partial charge on any atom is -0.486 e. The molecule has 0 saturated carbocycles. The standard InChI is InChI=1S/C17H23N3O3S/c1-5-22-16(21)11-24-17-19-18-15(20(17)4)10-23-14-8-6-13(7-9-14)12(2)3/h6-9,12H,5,10-11H2,1-4H3. The summed E-state index contributed by atoms with van der Waals surface area (Å²) in [5.74, 6) is 1.96. The number of aromatic nitrogens is 3. The minimum atomic E-state index is -0.256. The van der Waals surface area contributed by atoms with Gasteiger partial charge in [-0.3, -0.25) is 4.79 Å². The molecule has 0 fully saturated rings. The van der Waals surface area contributed by atoms with E-state index in [0.29, 0.717) is 30.1 Å². The molecule has 0 aliphatic rings. The van der Waals surface area contributed by atoms with Crippen LogP contribution in [-0.4, -0.2) is 33.1 Å². The second-order valence-corrected chi connectivity index (χ2v) is 6.51. The van der Waals surface area contributed by atoms with E-state index in [1.165, 1.54) is 17.3 Å². The molecule has 0 unspecified atom stereocenters. The zero-order valence-corrected chi connectivity index (χ0v) is 15.3. The first-order chi connectivity index (χ1) is 11.5. The average molecular weight is 349 g/mol. The van der Waals surface area contributed by atoms with Gasteiger partial charge in [-0.05, 0) is 30.5 Å². The fourth-order valence-corrected chi connectivity index (χ4v) is 2.75. The Bertz CT molecular complexity index is 668. The molecule has 24 heavy (non-hydrogen) atoms. The van der Waals surface area contributed by atoms with Crippen LogP contribution >= 0.6 is 11.8 Å². The second kappa shape index (κ2) is 8.73. The maximum atomic E-state index is 11.4. The summed E-state index contributed by atoms with van der Waals surface area (Å²) < 4.78 is 12.5. The number of carbonyl (C=O) groups excluding carboxylic acids is 1. The number of thioether (sulfide) groups is 1. The van der Waals surface area contributed by atoms with Gasteiger partial charge in [0.05, 0.1) is 12.4 Å². The molecule has 0 atom stereocenters. The Labute approximate surface area is 146 Å². The molecular weight excluding hydrogens is 326 g/mol. The minimum absolute atomic E-state index is 0.220. The predicted octanol–water partition coefficient (Wildman–Crippen LogP) is 3.17. The normalized spacial score (nSPS) is 10.9. The molecule has 0 amide bonds. The summed E-state index contributed by atoms with van der Waals surface area (Å²) in [5, 5.41) is 8.86. The highest BCUT2D eigenvalue weighted by Crippen LogP contribution is 2.20. The fraction of sp³-hybridized carbons (Fsp3) is 0.471. The van der Waals surface area contributed by atoms with Gasteiger partial charge in [-0.15, -0.1) is 10.2 Å². The molecule has 1 aromatic carbocycles. The summed E-state index contributed by atoms with van der Waals surface area (Å²) in [4.78, 5) is 11.4. The summed E-state index contributed by atoms with van der Waals surface area (Å²) >= 11 is 1.30. The number of esters is 1. The molecule has 2 aromatic rings. The van der Waals surface area contributed by atoms with Crippen molar-refractivity contribution in [3.63, 3.8) is 0 Å². The second-order valence-electron chi connectivity index (χ2n) is 5.56. The van der Waals surface area contributed by atoms with Crippen molar-refractivity contribution in [1.82, 2.24) is 14.8 Å². The first-order valence-electron chi connectivity index (χ1n) is 7.90. The van der Waals surface area contributed by atoms with Gasteiger partial charge >= 0.3 is 5.97 Å². The zero-order valence-electron chi connectivity index (χ0n) is 14.5. The van der Waals surface area contributed by atoms with Gasteiger partial charge in [0.25, 0.3) is 0 Å². The largest absolute Gasteiger partial charge is 0.486 e. The van der Waals surface area contributed by atoms with Crippen molar-refractivity contribution in [2.24, 2.45) is 7.05 Å². The zero-order chi connectivity index (χ0) is 17.5. The van der Waals surface area contributed by atoms with Gasteiger partial charge in [0, 0.05) is 7.05 Å². The number of ether oxygens (including phenoxy) is 2. The van der Waals surface area contributed by atoms with Gasteiger partial charge in [-0.1, -0.05) is 37.7 Å². The summed E-state index contributed by atoms with van der Waals surface area (Å²) in [6.07, 6.45) is 0. The van der Waals surface area contributed by atoms with E-state index in [4.69, 9.17) is 9.47 Å². The highest BCUT2D eigenvalue weighted by molar-refractivity contribution is 7.99. The van der Waals surface area contributed by atoms with Crippen LogP contribution in [-0.2, 0) is 23.2 Å². The molecule has 0 radical (unpaired) electrons. The van der Waals surface area contributed by atoms with Crippen LogP contribution in [0.15, 0.2) is 29.4 Å². The molecular formula is C17H23N3O3S. The van der Waals surface area contributed by atoms with E-state index in [2.05, 4.69) is 36.2 Å². The van der Waals surface area contributed by atoms with Gasteiger partial charge in [-0.2, -0.15) is 0 Å². The Kier molecular flexibility index (Phi) is 6.66. The lowest BCUT2D eigenvalue weighted by Gasteiger charge is -2.09. The van der Waals surface area contributed by atoms with Crippen molar-refractivity contribution in [1.29, 1.82) is 0 Å². The van der Waals surface area contributed by atoms with E-state index in [1.54, 1.807) is 6.92 Å². The molecule has 2 rings (SSSR count). The van der Waals surface area contributed by atoms with Crippen molar-refractivity contribution < 1.29 is 14.3 Å². The Morgan fingerprint density at radius 3 is 2.58 bits per heavy atom. The Hall–Kier alpha value is -2.02. The van der Waals surface area contributed by atoms with Crippen LogP contribution in [0.2, 0.25) is 0 Å². The molecule has 0 bridgehead atoms. The number of benzene rings is 1. The van der Waals surface area contributed by atoms with E-state index in [9.17, 15) is 4.79 Å². The van der Waals surface area contributed by atoms with Crippen LogP contribution < -0.4 is 4.74 Å². The number of hydrogen-bond acceptors (Lipinski definition) is 6. The highest BCUT2D eigenvalue weighted by atomic mass is 32.2. The predicted molar refractivity (Wildman–Crippen MR) is 93.2 cm³/mol. The third-order valence-corrected chi connectivity index (χ3v) is 4.46. The number of nitrogens with zero attached hydrogens (tertiary/aromatic N) is 3. The fourth-order valence-electron chi connectivity index (χ4n) is 2.02. The first-order valence-corrected chi connectivity index (χ1v) is 8.89. The lowest BCUT2D eigenvalue weighted by Crippen LogP contribution is -2.08.